The van der Waals surface area contributed by atoms with Crippen molar-refractivity contribution in [3.8, 4) is 0 Å². The molecular formula is C19H20FNO3S. The number of carbonyl (C=O) groups excluding carboxylic acids is 1. The molecule has 1 aliphatic heterocycles. The zero-order chi connectivity index (χ0) is 18.0. The minimum Gasteiger partial charge on any atom is -0.330 e. The molecule has 1 saturated heterocycles. The third-order valence-electron chi connectivity index (χ3n) is 4.47. The highest BCUT2D eigenvalue weighted by atomic mass is 32.2. The maximum Gasteiger partial charge on any atom is 0.254 e. The molecule has 1 aliphatic rings. The van der Waals surface area contributed by atoms with Crippen LogP contribution in [0.4, 0.5) is 4.39 Å². The summed E-state index contributed by atoms with van der Waals surface area (Å²) >= 11 is 0. The molecule has 0 spiro atoms. The number of hydrogen-bond acceptors (Lipinski definition) is 3. The largest absolute Gasteiger partial charge is 0.330 e. The number of rotatable bonds is 4. The Kier molecular flexibility index (Phi) is 4.90. The molecule has 3 rings (SSSR count). The number of halogens is 1. The van der Waals surface area contributed by atoms with Gasteiger partial charge in [-0.05, 0) is 31.5 Å². The van der Waals surface area contributed by atoms with E-state index >= 15 is 0 Å². The lowest BCUT2D eigenvalue weighted by Crippen LogP contribution is -2.40. The van der Waals surface area contributed by atoms with E-state index in [1.165, 1.54) is 11.0 Å². The van der Waals surface area contributed by atoms with E-state index in [9.17, 15) is 17.6 Å². The maximum absolute atomic E-state index is 14.1. The Labute approximate surface area is 147 Å². The molecule has 0 N–H and O–H groups in total. The van der Waals surface area contributed by atoms with E-state index in [2.05, 4.69) is 0 Å². The number of benzene rings is 2. The van der Waals surface area contributed by atoms with Crippen molar-refractivity contribution >= 4 is 15.7 Å². The first-order chi connectivity index (χ1) is 11.9. The lowest BCUT2D eigenvalue weighted by Gasteiger charge is -2.29. The Morgan fingerprint density at radius 2 is 1.96 bits per heavy atom. The molecule has 25 heavy (non-hydrogen) atoms. The van der Waals surface area contributed by atoms with Crippen LogP contribution in [0.1, 0.15) is 27.9 Å². The number of sulfone groups is 1. The summed E-state index contributed by atoms with van der Waals surface area (Å²) in [6, 6.07) is 13.0. The molecule has 0 aromatic heterocycles. The topological polar surface area (TPSA) is 54.5 Å². The molecule has 1 heterocycles. The van der Waals surface area contributed by atoms with Crippen molar-refractivity contribution in [3.63, 3.8) is 0 Å². The monoisotopic (exact) mass is 361 g/mol. The van der Waals surface area contributed by atoms with E-state index in [1.807, 2.05) is 13.0 Å². The molecular weight excluding hydrogens is 341 g/mol. The molecule has 0 radical (unpaired) electrons. The van der Waals surface area contributed by atoms with Crippen LogP contribution in [0.5, 0.6) is 0 Å². The Hall–Kier alpha value is -2.21. The third kappa shape index (κ3) is 4.07. The van der Waals surface area contributed by atoms with Crippen LogP contribution in [-0.4, -0.2) is 36.8 Å². The quantitative estimate of drug-likeness (QED) is 0.841. The Morgan fingerprint density at radius 1 is 1.20 bits per heavy atom. The number of carbonyl (C=O) groups is 1. The zero-order valence-corrected chi connectivity index (χ0v) is 14.8. The zero-order valence-electron chi connectivity index (χ0n) is 14.0. The predicted molar refractivity (Wildman–Crippen MR) is 94.5 cm³/mol. The van der Waals surface area contributed by atoms with E-state index in [-0.39, 0.29) is 24.0 Å². The Balaban J connectivity index is 1.94. The molecule has 1 amide bonds. The summed E-state index contributed by atoms with van der Waals surface area (Å²) in [6.07, 6.45) is 0.383. The van der Waals surface area contributed by atoms with Gasteiger partial charge < -0.3 is 4.90 Å². The van der Waals surface area contributed by atoms with Gasteiger partial charge in [0, 0.05) is 23.7 Å². The smallest absolute Gasteiger partial charge is 0.254 e. The Bertz CT molecular complexity index is 895. The summed E-state index contributed by atoms with van der Waals surface area (Å²) in [5, 5.41) is 0. The molecule has 4 nitrogen and oxygen atoms in total. The van der Waals surface area contributed by atoms with Crippen LogP contribution in [-0.2, 0) is 16.4 Å². The van der Waals surface area contributed by atoms with Crippen molar-refractivity contribution in [1.29, 1.82) is 0 Å². The van der Waals surface area contributed by atoms with E-state index in [4.69, 9.17) is 0 Å². The van der Waals surface area contributed by atoms with Gasteiger partial charge in [0.15, 0.2) is 9.84 Å². The molecule has 2 aromatic carbocycles. The fourth-order valence-corrected chi connectivity index (χ4v) is 4.87. The van der Waals surface area contributed by atoms with Gasteiger partial charge >= 0.3 is 0 Å². The second kappa shape index (κ2) is 6.96. The minimum absolute atomic E-state index is 0.0552. The average molecular weight is 361 g/mol. The van der Waals surface area contributed by atoms with Crippen LogP contribution >= 0.6 is 0 Å². The fraction of sp³-hybridized carbons (Fsp3) is 0.316. The number of amides is 1. The van der Waals surface area contributed by atoms with Gasteiger partial charge in [0.05, 0.1) is 11.5 Å². The second-order valence-electron chi connectivity index (χ2n) is 6.45. The standard InChI is InChI=1S/C19H20FNO3S/c1-14-5-4-7-15(11-14)19(22)21(17-9-10-25(23,24)13-17)12-16-6-2-3-8-18(16)20/h2-8,11,17H,9-10,12-13H2,1H3/t17-/m1/s1. The first-order valence-corrected chi connectivity index (χ1v) is 9.99. The summed E-state index contributed by atoms with van der Waals surface area (Å²) in [7, 11) is -3.15. The van der Waals surface area contributed by atoms with Crippen LogP contribution in [0.3, 0.4) is 0 Å². The summed E-state index contributed by atoms with van der Waals surface area (Å²) in [6.45, 7) is 1.94. The van der Waals surface area contributed by atoms with E-state index in [1.54, 1.807) is 36.4 Å². The van der Waals surface area contributed by atoms with Crippen molar-refractivity contribution in [2.24, 2.45) is 0 Å². The summed E-state index contributed by atoms with van der Waals surface area (Å²) in [4.78, 5) is 14.5. The van der Waals surface area contributed by atoms with Gasteiger partial charge in [0.1, 0.15) is 5.82 Å². The number of aryl methyl sites for hydroxylation is 1. The molecule has 132 valence electrons. The van der Waals surface area contributed by atoms with Crippen molar-refractivity contribution in [2.45, 2.75) is 25.9 Å². The molecule has 0 saturated carbocycles. The van der Waals surface area contributed by atoms with Crippen molar-refractivity contribution < 1.29 is 17.6 Å². The second-order valence-corrected chi connectivity index (χ2v) is 8.68. The van der Waals surface area contributed by atoms with Crippen LogP contribution in [0, 0.1) is 12.7 Å². The van der Waals surface area contributed by atoms with Gasteiger partial charge in [-0.1, -0.05) is 35.9 Å². The fourth-order valence-electron chi connectivity index (χ4n) is 3.14. The minimum atomic E-state index is -3.15. The van der Waals surface area contributed by atoms with Crippen LogP contribution in [0.15, 0.2) is 48.5 Å². The highest BCUT2D eigenvalue weighted by molar-refractivity contribution is 7.91. The van der Waals surface area contributed by atoms with Crippen molar-refractivity contribution in [1.82, 2.24) is 4.90 Å². The summed E-state index contributed by atoms with van der Waals surface area (Å²) in [5.74, 6) is -0.676. The van der Waals surface area contributed by atoms with Crippen LogP contribution in [0.2, 0.25) is 0 Å². The SMILES string of the molecule is Cc1cccc(C(=O)N(Cc2ccccc2F)[C@@H]2CCS(=O)(=O)C2)c1. The summed E-state index contributed by atoms with van der Waals surface area (Å²) in [5.41, 5.74) is 1.81. The first kappa shape index (κ1) is 17.6. The van der Waals surface area contributed by atoms with Gasteiger partial charge in [-0.2, -0.15) is 0 Å². The molecule has 1 atom stereocenters. The van der Waals surface area contributed by atoms with Gasteiger partial charge in [0.25, 0.3) is 5.91 Å². The third-order valence-corrected chi connectivity index (χ3v) is 6.22. The predicted octanol–water partition coefficient (Wildman–Crippen LogP) is 2.96. The normalized spacial score (nSPS) is 18.9. The Morgan fingerprint density at radius 3 is 2.60 bits per heavy atom. The van der Waals surface area contributed by atoms with Crippen molar-refractivity contribution in [3.05, 3.63) is 71.0 Å². The van der Waals surface area contributed by atoms with E-state index < -0.39 is 21.7 Å². The van der Waals surface area contributed by atoms with Crippen molar-refractivity contribution in [2.75, 3.05) is 11.5 Å². The number of nitrogens with zero attached hydrogens (tertiary/aromatic N) is 1. The van der Waals surface area contributed by atoms with E-state index in [0.29, 0.717) is 17.5 Å². The summed E-state index contributed by atoms with van der Waals surface area (Å²) < 4.78 is 37.8. The van der Waals surface area contributed by atoms with Gasteiger partial charge in [-0.3, -0.25) is 4.79 Å². The highest BCUT2D eigenvalue weighted by Crippen LogP contribution is 2.23. The van der Waals surface area contributed by atoms with Gasteiger partial charge in [0.2, 0.25) is 0 Å². The first-order valence-electron chi connectivity index (χ1n) is 8.17. The molecule has 6 heteroatoms. The molecule has 0 bridgehead atoms. The van der Waals surface area contributed by atoms with Gasteiger partial charge in [-0.15, -0.1) is 0 Å². The highest BCUT2D eigenvalue weighted by Gasteiger charge is 2.35. The lowest BCUT2D eigenvalue weighted by molar-refractivity contribution is 0.0679. The lowest BCUT2D eigenvalue weighted by atomic mass is 10.1. The van der Waals surface area contributed by atoms with Crippen LogP contribution < -0.4 is 0 Å². The average Bonchev–Trinajstić information content (AvgIpc) is 2.93. The molecule has 1 fully saturated rings. The maximum atomic E-state index is 14.1. The van der Waals surface area contributed by atoms with E-state index in [0.717, 1.165) is 5.56 Å². The molecule has 0 aliphatic carbocycles. The molecule has 0 unspecified atom stereocenters. The van der Waals surface area contributed by atoms with Crippen LogP contribution in [0.25, 0.3) is 0 Å². The number of hydrogen-bond donors (Lipinski definition) is 0. The van der Waals surface area contributed by atoms with Gasteiger partial charge in [-0.25, -0.2) is 12.8 Å². The molecule has 2 aromatic rings.